The van der Waals surface area contributed by atoms with Gasteiger partial charge in [0.05, 0.1) is 5.52 Å². The maximum absolute atomic E-state index is 6.60. The molecule has 2 aromatic heterocycles. The molecule has 2 unspecified atom stereocenters. The molecule has 0 saturated heterocycles. The summed E-state index contributed by atoms with van der Waals surface area (Å²) in [6.45, 7) is 0. The Labute approximate surface area is 123 Å². The Bertz CT molecular complexity index is 792. The van der Waals surface area contributed by atoms with Gasteiger partial charge in [0.15, 0.2) is 0 Å². The molecule has 3 nitrogen and oxygen atoms in total. The highest BCUT2D eigenvalue weighted by Gasteiger charge is 2.30. The lowest BCUT2D eigenvalue weighted by Crippen LogP contribution is -2.19. The molecule has 0 saturated carbocycles. The van der Waals surface area contributed by atoms with Crippen molar-refractivity contribution in [3.63, 3.8) is 0 Å². The normalized spacial score (nSPS) is 18.6. The summed E-state index contributed by atoms with van der Waals surface area (Å²) in [6.07, 6.45) is 5.83. The van der Waals surface area contributed by atoms with E-state index in [1.165, 1.54) is 5.56 Å². The summed E-state index contributed by atoms with van der Waals surface area (Å²) in [5.41, 5.74) is 11.2. The van der Waals surface area contributed by atoms with Crippen molar-refractivity contribution in [2.45, 2.75) is 24.8 Å². The highest BCUT2D eigenvalue weighted by Crippen LogP contribution is 2.40. The van der Waals surface area contributed by atoms with Gasteiger partial charge >= 0.3 is 0 Å². The van der Waals surface area contributed by atoms with Crippen LogP contribution in [0.4, 0.5) is 0 Å². The highest BCUT2D eigenvalue weighted by atomic mass is 14.8. The summed E-state index contributed by atoms with van der Waals surface area (Å²) < 4.78 is 0. The Morgan fingerprint density at radius 3 is 2.76 bits per heavy atom. The van der Waals surface area contributed by atoms with Gasteiger partial charge in [-0.1, -0.05) is 30.3 Å². The average Bonchev–Trinajstić information content (AvgIpc) is 2.98. The van der Waals surface area contributed by atoms with Gasteiger partial charge in [-0.2, -0.15) is 0 Å². The summed E-state index contributed by atoms with van der Waals surface area (Å²) in [6, 6.07) is 14.4. The molecule has 0 aliphatic heterocycles. The minimum atomic E-state index is -0.0558. The van der Waals surface area contributed by atoms with E-state index in [9.17, 15) is 0 Å². The quantitative estimate of drug-likeness (QED) is 0.780. The maximum atomic E-state index is 6.60. The molecule has 0 radical (unpaired) electrons. The summed E-state index contributed by atoms with van der Waals surface area (Å²) in [4.78, 5) is 9.10. The van der Waals surface area contributed by atoms with Gasteiger partial charge in [0.1, 0.15) is 0 Å². The van der Waals surface area contributed by atoms with Crippen molar-refractivity contribution in [3.05, 3.63) is 71.7 Å². The molecule has 21 heavy (non-hydrogen) atoms. The number of rotatable bonds is 2. The van der Waals surface area contributed by atoms with E-state index in [0.29, 0.717) is 0 Å². The number of nitrogens with two attached hydrogens (primary N) is 1. The molecular weight excluding hydrogens is 258 g/mol. The Kier molecular flexibility index (Phi) is 2.93. The van der Waals surface area contributed by atoms with Crippen LogP contribution in [-0.2, 0) is 6.42 Å². The van der Waals surface area contributed by atoms with Gasteiger partial charge in [0.25, 0.3) is 0 Å². The predicted molar refractivity (Wildman–Crippen MR) is 84.0 cm³/mol. The smallest absolute Gasteiger partial charge is 0.0749 e. The molecule has 0 spiro atoms. The minimum Gasteiger partial charge on any atom is -0.323 e. The summed E-state index contributed by atoms with van der Waals surface area (Å²) in [5, 5.41) is 1.14. The maximum Gasteiger partial charge on any atom is 0.0749 e. The number of aryl methyl sites for hydroxylation is 1. The topological polar surface area (TPSA) is 51.8 Å². The van der Waals surface area contributed by atoms with E-state index in [0.717, 1.165) is 35.0 Å². The van der Waals surface area contributed by atoms with Gasteiger partial charge in [-0.3, -0.25) is 9.97 Å². The third-order valence-electron chi connectivity index (χ3n) is 4.46. The Hall–Kier alpha value is -2.26. The fourth-order valence-corrected chi connectivity index (χ4v) is 3.41. The second-order valence-corrected chi connectivity index (χ2v) is 5.64. The van der Waals surface area contributed by atoms with Crippen LogP contribution in [-0.4, -0.2) is 9.97 Å². The number of para-hydroxylation sites is 1. The zero-order chi connectivity index (χ0) is 14.2. The number of aromatic nitrogens is 2. The second-order valence-electron chi connectivity index (χ2n) is 5.64. The van der Waals surface area contributed by atoms with E-state index in [1.54, 1.807) is 0 Å². The SMILES string of the molecule is NC(c1cccc2cccnc12)C1CCc2cccnc21. The predicted octanol–water partition coefficient (Wildman–Crippen LogP) is 3.36. The van der Waals surface area contributed by atoms with Crippen molar-refractivity contribution in [3.8, 4) is 0 Å². The molecule has 4 rings (SSSR count). The Morgan fingerprint density at radius 2 is 1.81 bits per heavy atom. The summed E-state index contributed by atoms with van der Waals surface area (Å²) in [5.74, 6) is 0.286. The van der Waals surface area contributed by atoms with Crippen LogP contribution in [0.5, 0.6) is 0 Å². The van der Waals surface area contributed by atoms with Gasteiger partial charge in [-0.15, -0.1) is 0 Å². The van der Waals surface area contributed by atoms with Crippen molar-refractivity contribution in [2.24, 2.45) is 5.73 Å². The average molecular weight is 275 g/mol. The van der Waals surface area contributed by atoms with Crippen LogP contribution in [0.15, 0.2) is 54.9 Å². The molecule has 104 valence electrons. The monoisotopic (exact) mass is 275 g/mol. The van der Waals surface area contributed by atoms with Crippen LogP contribution in [0.1, 0.15) is 35.2 Å². The number of benzene rings is 1. The van der Waals surface area contributed by atoms with Crippen LogP contribution < -0.4 is 5.73 Å². The fraction of sp³-hybridized carbons (Fsp3) is 0.222. The first-order valence-corrected chi connectivity index (χ1v) is 7.37. The van der Waals surface area contributed by atoms with E-state index in [-0.39, 0.29) is 12.0 Å². The van der Waals surface area contributed by atoms with Crippen molar-refractivity contribution in [2.75, 3.05) is 0 Å². The summed E-state index contributed by atoms with van der Waals surface area (Å²) >= 11 is 0. The first-order chi connectivity index (χ1) is 10.3. The van der Waals surface area contributed by atoms with Crippen molar-refractivity contribution in [1.29, 1.82) is 0 Å². The summed E-state index contributed by atoms with van der Waals surface area (Å²) in [7, 11) is 0. The van der Waals surface area contributed by atoms with E-state index in [1.807, 2.05) is 24.5 Å². The van der Waals surface area contributed by atoms with Crippen LogP contribution in [0, 0.1) is 0 Å². The fourth-order valence-electron chi connectivity index (χ4n) is 3.41. The highest BCUT2D eigenvalue weighted by molar-refractivity contribution is 5.82. The van der Waals surface area contributed by atoms with Gasteiger partial charge in [-0.25, -0.2) is 0 Å². The second kappa shape index (κ2) is 4.93. The van der Waals surface area contributed by atoms with Crippen LogP contribution in [0.25, 0.3) is 10.9 Å². The third kappa shape index (κ3) is 2.01. The third-order valence-corrected chi connectivity index (χ3v) is 4.46. The lowest BCUT2D eigenvalue weighted by atomic mass is 9.90. The van der Waals surface area contributed by atoms with E-state index < -0.39 is 0 Å². The van der Waals surface area contributed by atoms with Gasteiger partial charge in [0, 0.05) is 35.4 Å². The van der Waals surface area contributed by atoms with Crippen molar-refractivity contribution >= 4 is 10.9 Å². The first kappa shape index (κ1) is 12.5. The molecule has 3 heteroatoms. The zero-order valence-corrected chi connectivity index (χ0v) is 11.7. The molecule has 1 aliphatic carbocycles. The lowest BCUT2D eigenvalue weighted by Gasteiger charge is -2.21. The zero-order valence-electron chi connectivity index (χ0n) is 11.7. The number of fused-ring (bicyclic) bond motifs is 2. The molecule has 2 N–H and O–H groups in total. The molecule has 2 heterocycles. The molecule has 2 atom stereocenters. The largest absolute Gasteiger partial charge is 0.323 e. The number of pyridine rings is 2. The number of hydrogen-bond acceptors (Lipinski definition) is 3. The lowest BCUT2D eigenvalue weighted by molar-refractivity contribution is 0.543. The number of nitrogens with zero attached hydrogens (tertiary/aromatic N) is 2. The van der Waals surface area contributed by atoms with E-state index >= 15 is 0 Å². The Balaban J connectivity index is 1.80. The van der Waals surface area contributed by atoms with Crippen LogP contribution in [0.3, 0.4) is 0 Å². The van der Waals surface area contributed by atoms with Crippen LogP contribution >= 0.6 is 0 Å². The standard InChI is InChI=1S/C18H17N3/c19-16(15-9-8-13-6-3-11-21-18(13)15)14-7-1-4-12-5-2-10-20-17(12)14/h1-7,10-11,15-16H,8-9,19H2. The molecular formula is C18H17N3. The molecule has 1 aromatic carbocycles. The minimum absolute atomic E-state index is 0.0558. The Morgan fingerprint density at radius 1 is 1.00 bits per heavy atom. The van der Waals surface area contributed by atoms with Crippen LogP contribution in [0.2, 0.25) is 0 Å². The number of hydrogen-bond donors (Lipinski definition) is 1. The van der Waals surface area contributed by atoms with Gasteiger partial charge in [0.2, 0.25) is 0 Å². The molecule has 0 fully saturated rings. The van der Waals surface area contributed by atoms with E-state index in [2.05, 4.69) is 40.3 Å². The van der Waals surface area contributed by atoms with Gasteiger partial charge < -0.3 is 5.73 Å². The van der Waals surface area contributed by atoms with Crippen molar-refractivity contribution < 1.29 is 0 Å². The molecule has 0 bridgehead atoms. The molecule has 1 aliphatic rings. The van der Waals surface area contributed by atoms with Crippen molar-refractivity contribution in [1.82, 2.24) is 9.97 Å². The van der Waals surface area contributed by atoms with E-state index in [4.69, 9.17) is 5.73 Å². The molecule has 0 amide bonds. The molecule has 3 aromatic rings. The van der Waals surface area contributed by atoms with Gasteiger partial charge in [-0.05, 0) is 36.1 Å². The first-order valence-electron chi connectivity index (χ1n) is 7.37.